The van der Waals surface area contributed by atoms with Crippen LogP contribution in [0.3, 0.4) is 0 Å². The van der Waals surface area contributed by atoms with Crippen molar-refractivity contribution in [2.75, 3.05) is 0 Å². The number of phenols is 4. The summed E-state index contributed by atoms with van der Waals surface area (Å²) < 4.78 is 6.56. The summed E-state index contributed by atoms with van der Waals surface area (Å²) in [6, 6.07) is 13.7. The molecule has 3 atom stereocenters. The van der Waals surface area contributed by atoms with E-state index in [1.54, 1.807) is 18.2 Å². The summed E-state index contributed by atoms with van der Waals surface area (Å²) in [5.41, 5.74) is 2.89. The molecule has 0 saturated carbocycles. The fourth-order valence-electron chi connectivity index (χ4n) is 5.20. The van der Waals surface area contributed by atoms with Crippen LogP contribution in [0.5, 0.6) is 28.7 Å². The first-order valence-electron chi connectivity index (χ1n) is 11.4. The molecule has 0 radical (unpaired) electrons. The maximum atomic E-state index is 10.9. The molecule has 4 N–H and O–H groups in total. The average molecular weight is 449 g/mol. The summed E-state index contributed by atoms with van der Waals surface area (Å²) in [7, 11) is 0. The Morgan fingerprint density at radius 2 is 1.52 bits per heavy atom. The standard InChI is InChI=1S/C28H32O5/c1-6-27(4)17(3)28(5,21-10-7-16(2)11-25(21)32)33-26-15-24(31)19(13-22(26)27)12-18-8-9-20(29)14-23(18)30/h7-11,13-15,17,29-32H,6,12H2,1-5H3. The number of benzene rings is 3. The monoisotopic (exact) mass is 448 g/mol. The summed E-state index contributed by atoms with van der Waals surface area (Å²) in [5.74, 6) is 0.856. The van der Waals surface area contributed by atoms with Crippen molar-refractivity contribution in [1.82, 2.24) is 0 Å². The van der Waals surface area contributed by atoms with E-state index < -0.39 is 5.60 Å². The fourth-order valence-corrected chi connectivity index (χ4v) is 5.20. The third-order valence-corrected chi connectivity index (χ3v) is 7.77. The molecule has 3 aromatic rings. The number of phenolic OH excluding ortho intramolecular Hbond substituents is 4. The summed E-state index contributed by atoms with van der Waals surface area (Å²) in [6.07, 6.45) is 1.15. The van der Waals surface area contributed by atoms with Crippen LogP contribution in [-0.2, 0) is 17.4 Å². The van der Waals surface area contributed by atoms with E-state index in [2.05, 4.69) is 20.8 Å². The molecule has 174 valence electrons. The van der Waals surface area contributed by atoms with Gasteiger partial charge in [-0.3, -0.25) is 0 Å². The van der Waals surface area contributed by atoms with Crippen LogP contribution in [-0.4, -0.2) is 20.4 Å². The Balaban J connectivity index is 1.83. The maximum Gasteiger partial charge on any atom is 0.138 e. The first kappa shape index (κ1) is 22.8. The van der Waals surface area contributed by atoms with Crippen molar-refractivity contribution in [2.45, 2.75) is 58.5 Å². The van der Waals surface area contributed by atoms with Gasteiger partial charge < -0.3 is 25.2 Å². The lowest BCUT2D eigenvalue weighted by Gasteiger charge is -2.51. The lowest BCUT2D eigenvalue weighted by atomic mass is 9.61. The fraction of sp³-hybridized carbons (Fsp3) is 0.357. The smallest absolute Gasteiger partial charge is 0.138 e. The number of ether oxygens (including phenoxy) is 1. The Kier molecular flexibility index (Phi) is 5.47. The minimum absolute atomic E-state index is 0.00894. The molecule has 3 aromatic carbocycles. The quantitative estimate of drug-likeness (QED) is 0.392. The normalized spacial score (nSPS) is 24.2. The summed E-state index contributed by atoms with van der Waals surface area (Å²) >= 11 is 0. The van der Waals surface area contributed by atoms with Gasteiger partial charge in [0, 0.05) is 41.0 Å². The van der Waals surface area contributed by atoms with Gasteiger partial charge >= 0.3 is 0 Å². The first-order chi connectivity index (χ1) is 15.5. The van der Waals surface area contributed by atoms with Crippen LogP contribution in [0.2, 0.25) is 0 Å². The third kappa shape index (κ3) is 3.65. The highest BCUT2D eigenvalue weighted by Gasteiger charge is 2.52. The molecule has 0 amide bonds. The largest absolute Gasteiger partial charge is 0.508 e. The highest BCUT2D eigenvalue weighted by Crippen LogP contribution is 2.56. The molecular weight excluding hydrogens is 416 g/mol. The Morgan fingerprint density at radius 3 is 2.15 bits per heavy atom. The zero-order valence-corrected chi connectivity index (χ0v) is 19.8. The Bertz CT molecular complexity index is 1220. The van der Waals surface area contributed by atoms with E-state index in [-0.39, 0.29) is 34.3 Å². The van der Waals surface area contributed by atoms with Gasteiger partial charge in [-0.15, -0.1) is 0 Å². The average Bonchev–Trinajstić information content (AvgIpc) is 2.75. The van der Waals surface area contributed by atoms with Crippen molar-refractivity contribution in [3.63, 3.8) is 0 Å². The van der Waals surface area contributed by atoms with Gasteiger partial charge in [0.05, 0.1) is 0 Å². The molecule has 0 aliphatic carbocycles. The van der Waals surface area contributed by atoms with E-state index >= 15 is 0 Å². The molecule has 1 heterocycles. The molecular formula is C28H32O5. The maximum absolute atomic E-state index is 10.9. The molecule has 0 fully saturated rings. The van der Waals surface area contributed by atoms with Gasteiger partial charge in [-0.1, -0.05) is 39.0 Å². The van der Waals surface area contributed by atoms with Gasteiger partial charge in [0.2, 0.25) is 0 Å². The van der Waals surface area contributed by atoms with Crippen LogP contribution in [0.25, 0.3) is 0 Å². The highest BCUT2D eigenvalue weighted by molar-refractivity contribution is 5.55. The van der Waals surface area contributed by atoms with E-state index in [1.165, 1.54) is 12.1 Å². The molecule has 1 aliphatic rings. The predicted molar refractivity (Wildman–Crippen MR) is 128 cm³/mol. The molecule has 0 spiro atoms. The third-order valence-electron chi connectivity index (χ3n) is 7.77. The predicted octanol–water partition coefficient (Wildman–Crippen LogP) is 6.02. The lowest BCUT2D eigenvalue weighted by molar-refractivity contribution is -0.0329. The lowest BCUT2D eigenvalue weighted by Crippen LogP contribution is -2.50. The van der Waals surface area contributed by atoms with Gasteiger partial charge in [0.1, 0.15) is 34.3 Å². The van der Waals surface area contributed by atoms with E-state index in [4.69, 9.17) is 4.74 Å². The number of aryl methyl sites for hydroxylation is 1. The second-order valence-corrected chi connectivity index (χ2v) is 9.69. The minimum Gasteiger partial charge on any atom is -0.508 e. The summed E-state index contributed by atoms with van der Waals surface area (Å²) in [5, 5.41) is 41.4. The first-order valence-corrected chi connectivity index (χ1v) is 11.4. The Morgan fingerprint density at radius 1 is 0.818 bits per heavy atom. The van der Waals surface area contributed by atoms with Crippen LogP contribution in [0, 0.1) is 12.8 Å². The molecule has 0 bridgehead atoms. The zero-order chi connectivity index (χ0) is 24.1. The Hall–Kier alpha value is -3.34. The molecule has 0 aromatic heterocycles. The molecule has 1 aliphatic heterocycles. The second-order valence-electron chi connectivity index (χ2n) is 9.69. The van der Waals surface area contributed by atoms with Gasteiger partial charge in [0.25, 0.3) is 0 Å². The summed E-state index contributed by atoms with van der Waals surface area (Å²) in [6.45, 7) is 10.4. The Labute approximate surface area is 194 Å². The van der Waals surface area contributed by atoms with E-state index in [9.17, 15) is 20.4 Å². The molecule has 33 heavy (non-hydrogen) atoms. The summed E-state index contributed by atoms with van der Waals surface area (Å²) in [4.78, 5) is 0. The SMILES string of the molecule is CCC1(C)c2cc(Cc3ccc(O)cc3O)c(O)cc2OC(C)(c2ccc(C)cc2O)C1C. The van der Waals surface area contributed by atoms with E-state index in [0.29, 0.717) is 23.3 Å². The van der Waals surface area contributed by atoms with Crippen LogP contribution in [0.1, 0.15) is 61.9 Å². The molecule has 0 saturated heterocycles. The van der Waals surface area contributed by atoms with Crippen molar-refractivity contribution >= 4 is 0 Å². The van der Waals surface area contributed by atoms with Crippen molar-refractivity contribution < 1.29 is 25.2 Å². The van der Waals surface area contributed by atoms with Crippen molar-refractivity contribution in [1.29, 1.82) is 0 Å². The van der Waals surface area contributed by atoms with Crippen molar-refractivity contribution in [3.05, 3.63) is 76.3 Å². The minimum atomic E-state index is -0.793. The zero-order valence-electron chi connectivity index (χ0n) is 19.8. The van der Waals surface area contributed by atoms with Crippen molar-refractivity contribution in [3.8, 4) is 28.7 Å². The molecule has 3 unspecified atom stereocenters. The van der Waals surface area contributed by atoms with Gasteiger partial charge in [0.15, 0.2) is 0 Å². The van der Waals surface area contributed by atoms with Gasteiger partial charge in [-0.25, -0.2) is 0 Å². The number of aromatic hydroxyl groups is 4. The molecule has 4 rings (SSSR count). The van der Waals surface area contributed by atoms with Crippen LogP contribution >= 0.6 is 0 Å². The second kappa shape index (κ2) is 7.91. The number of rotatable bonds is 4. The molecule has 5 nitrogen and oxygen atoms in total. The van der Waals surface area contributed by atoms with Crippen LogP contribution in [0.4, 0.5) is 0 Å². The van der Waals surface area contributed by atoms with Crippen LogP contribution < -0.4 is 4.74 Å². The highest BCUT2D eigenvalue weighted by atomic mass is 16.5. The van der Waals surface area contributed by atoms with Gasteiger partial charge in [-0.05, 0) is 55.2 Å². The van der Waals surface area contributed by atoms with Crippen LogP contribution in [0.15, 0.2) is 48.5 Å². The number of fused-ring (bicyclic) bond motifs is 1. The van der Waals surface area contributed by atoms with E-state index in [1.807, 2.05) is 32.0 Å². The van der Waals surface area contributed by atoms with E-state index in [0.717, 1.165) is 23.1 Å². The number of hydrogen-bond acceptors (Lipinski definition) is 5. The topological polar surface area (TPSA) is 90.2 Å². The number of hydrogen-bond donors (Lipinski definition) is 4. The van der Waals surface area contributed by atoms with Gasteiger partial charge in [-0.2, -0.15) is 0 Å². The van der Waals surface area contributed by atoms with Crippen molar-refractivity contribution in [2.24, 2.45) is 5.92 Å². The molecule has 5 heteroatoms.